The van der Waals surface area contributed by atoms with E-state index in [1.165, 1.54) is 0 Å². The van der Waals surface area contributed by atoms with E-state index >= 15 is 0 Å². The van der Waals surface area contributed by atoms with Crippen molar-refractivity contribution in [3.05, 3.63) is 72.2 Å². The SMILES string of the molecule is CCc1nccc(-c2ccc(C(=O)Nc3ccccc3NOC(C)(C)C)cc2)n1. The summed E-state index contributed by atoms with van der Waals surface area (Å²) in [5.41, 5.74) is 6.26. The van der Waals surface area contributed by atoms with E-state index in [1.54, 1.807) is 18.3 Å². The number of hydrogen-bond donors (Lipinski definition) is 2. The predicted octanol–water partition coefficient (Wildman–Crippen LogP) is 5.10. The van der Waals surface area contributed by atoms with Crippen LogP contribution in [0.4, 0.5) is 11.4 Å². The third kappa shape index (κ3) is 5.62. The van der Waals surface area contributed by atoms with Gasteiger partial charge in [-0.1, -0.05) is 31.2 Å². The van der Waals surface area contributed by atoms with Crippen LogP contribution < -0.4 is 10.8 Å². The number of rotatable bonds is 6. The molecule has 0 aliphatic carbocycles. The first-order chi connectivity index (χ1) is 13.9. The maximum atomic E-state index is 12.7. The number of nitrogens with one attached hydrogen (secondary N) is 2. The van der Waals surface area contributed by atoms with Crippen LogP contribution in [0.5, 0.6) is 0 Å². The second-order valence-electron chi connectivity index (χ2n) is 7.61. The highest BCUT2D eigenvalue weighted by Gasteiger charge is 2.14. The average molecular weight is 390 g/mol. The van der Waals surface area contributed by atoms with Gasteiger partial charge in [0.15, 0.2) is 0 Å². The third-order valence-electron chi connectivity index (χ3n) is 4.11. The van der Waals surface area contributed by atoms with Gasteiger partial charge in [0, 0.05) is 23.7 Å². The van der Waals surface area contributed by atoms with Crippen molar-refractivity contribution < 1.29 is 9.63 Å². The number of benzene rings is 2. The Morgan fingerprint density at radius 1 is 1.00 bits per heavy atom. The number of nitrogens with zero attached hydrogens (tertiary/aromatic N) is 2. The Bertz CT molecular complexity index is 979. The molecule has 3 aromatic rings. The summed E-state index contributed by atoms with van der Waals surface area (Å²) >= 11 is 0. The van der Waals surface area contributed by atoms with Gasteiger partial charge in [0.2, 0.25) is 0 Å². The second kappa shape index (κ2) is 8.84. The summed E-state index contributed by atoms with van der Waals surface area (Å²) in [7, 11) is 0. The molecule has 0 radical (unpaired) electrons. The van der Waals surface area contributed by atoms with Gasteiger partial charge < -0.3 is 5.32 Å². The number of aromatic nitrogens is 2. The minimum absolute atomic E-state index is 0.196. The van der Waals surface area contributed by atoms with Crippen LogP contribution in [0.3, 0.4) is 0 Å². The molecular formula is C23H26N4O2. The fourth-order valence-corrected chi connectivity index (χ4v) is 2.61. The van der Waals surface area contributed by atoms with Crippen LogP contribution in [0.15, 0.2) is 60.8 Å². The molecule has 1 heterocycles. The van der Waals surface area contributed by atoms with Crippen molar-refractivity contribution in [2.45, 2.75) is 39.7 Å². The topological polar surface area (TPSA) is 76.1 Å². The quantitative estimate of drug-likeness (QED) is 0.573. The van der Waals surface area contributed by atoms with E-state index < -0.39 is 0 Å². The lowest BCUT2D eigenvalue weighted by molar-refractivity contribution is 0.0376. The van der Waals surface area contributed by atoms with Crippen molar-refractivity contribution in [3.63, 3.8) is 0 Å². The van der Waals surface area contributed by atoms with Crippen molar-refractivity contribution >= 4 is 17.3 Å². The Labute approximate surface area is 171 Å². The van der Waals surface area contributed by atoms with Crippen LogP contribution >= 0.6 is 0 Å². The van der Waals surface area contributed by atoms with Crippen LogP contribution in [0.25, 0.3) is 11.3 Å². The monoisotopic (exact) mass is 390 g/mol. The molecule has 1 amide bonds. The highest BCUT2D eigenvalue weighted by molar-refractivity contribution is 6.06. The van der Waals surface area contributed by atoms with Crippen LogP contribution in [-0.4, -0.2) is 21.5 Å². The Morgan fingerprint density at radius 3 is 2.34 bits per heavy atom. The summed E-state index contributed by atoms with van der Waals surface area (Å²) in [5, 5.41) is 2.93. The maximum absolute atomic E-state index is 12.7. The molecule has 150 valence electrons. The molecule has 0 unspecified atom stereocenters. The Hall–Kier alpha value is -3.25. The molecule has 0 saturated carbocycles. The highest BCUT2D eigenvalue weighted by Crippen LogP contribution is 2.24. The molecule has 29 heavy (non-hydrogen) atoms. The van der Waals surface area contributed by atoms with Gasteiger partial charge in [0.1, 0.15) is 5.82 Å². The van der Waals surface area contributed by atoms with Crippen molar-refractivity contribution in [1.29, 1.82) is 0 Å². The summed E-state index contributed by atoms with van der Waals surface area (Å²) in [6.07, 6.45) is 2.53. The number of carbonyl (C=O) groups excluding carboxylic acids is 1. The third-order valence-corrected chi connectivity index (χ3v) is 4.11. The van der Waals surface area contributed by atoms with Gasteiger partial charge in [-0.15, -0.1) is 0 Å². The van der Waals surface area contributed by atoms with Gasteiger partial charge >= 0.3 is 0 Å². The summed E-state index contributed by atoms with van der Waals surface area (Å²) < 4.78 is 0. The molecule has 0 atom stereocenters. The highest BCUT2D eigenvalue weighted by atomic mass is 16.7. The maximum Gasteiger partial charge on any atom is 0.255 e. The van der Waals surface area contributed by atoms with Crippen molar-refractivity contribution in [1.82, 2.24) is 9.97 Å². The molecule has 0 bridgehead atoms. The second-order valence-corrected chi connectivity index (χ2v) is 7.61. The van der Waals surface area contributed by atoms with Gasteiger partial charge in [-0.2, -0.15) is 0 Å². The number of anilines is 2. The molecular weight excluding hydrogens is 364 g/mol. The van der Waals surface area contributed by atoms with Gasteiger partial charge in [-0.25, -0.2) is 9.97 Å². The van der Waals surface area contributed by atoms with Crippen molar-refractivity contribution in [3.8, 4) is 11.3 Å². The Balaban J connectivity index is 1.73. The molecule has 6 nitrogen and oxygen atoms in total. The van der Waals surface area contributed by atoms with Gasteiger partial charge in [0.25, 0.3) is 5.91 Å². The molecule has 2 N–H and O–H groups in total. The zero-order valence-electron chi connectivity index (χ0n) is 17.2. The molecule has 0 aliphatic heterocycles. The zero-order valence-corrected chi connectivity index (χ0v) is 17.2. The molecule has 1 aromatic heterocycles. The van der Waals surface area contributed by atoms with E-state index in [0.29, 0.717) is 16.9 Å². The number of amides is 1. The van der Waals surface area contributed by atoms with Crippen LogP contribution in [-0.2, 0) is 11.3 Å². The van der Waals surface area contributed by atoms with Crippen LogP contribution in [0.2, 0.25) is 0 Å². The lowest BCUT2D eigenvalue weighted by Gasteiger charge is -2.21. The number of aryl methyl sites for hydroxylation is 1. The first-order valence-electron chi connectivity index (χ1n) is 9.62. The Morgan fingerprint density at radius 2 is 1.69 bits per heavy atom. The fourth-order valence-electron chi connectivity index (χ4n) is 2.61. The van der Waals surface area contributed by atoms with Gasteiger partial charge in [-0.05, 0) is 51.1 Å². The first-order valence-corrected chi connectivity index (χ1v) is 9.62. The van der Waals surface area contributed by atoms with Gasteiger partial charge in [-0.3, -0.25) is 15.1 Å². The minimum Gasteiger partial charge on any atom is -0.320 e. The summed E-state index contributed by atoms with van der Waals surface area (Å²) in [6, 6.07) is 16.7. The van der Waals surface area contributed by atoms with E-state index in [2.05, 4.69) is 20.8 Å². The summed E-state index contributed by atoms with van der Waals surface area (Å²) in [5.74, 6) is 0.601. The zero-order chi connectivity index (χ0) is 20.9. The lowest BCUT2D eigenvalue weighted by atomic mass is 10.1. The molecule has 0 aliphatic rings. The average Bonchev–Trinajstić information content (AvgIpc) is 2.72. The van der Waals surface area contributed by atoms with E-state index in [9.17, 15) is 4.79 Å². The fraction of sp³-hybridized carbons (Fsp3) is 0.261. The van der Waals surface area contributed by atoms with E-state index in [-0.39, 0.29) is 11.5 Å². The smallest absolute Gasteiger partial charge is 0.255 e. The normalized spacial score (nSPS) is 11.2. The van der Waals surface area contributed by atoms with Gasteiger partial charge in [0.05, 0.1) is 22.7 Å². The van der Waals surface area contributed by atoms with Crippen molar-refractivity contribution in [2.24, 2.45) is 0 Å². The number of hydrogen-bond acceptors (Lipinski definition) is 5. The minimum atomic E-state index is -0.356. The summed E-state index contributed by atoms with van der Waals surface area (Å²) in [6.45, 7) is 7.86. The molecule has 3 rings (SSSR count). The van der Waals surface area contributed by atoms with E-state index in [4.69, 9.17) is 4.84 Å². The van der Waals surface area contributed by atoms with E-state index in [0.717, 1.165) is 23.5 Å². The molecule has 0 saturated heterocycles. The molecule has 2 aromatic carbocycles. The number of para-hydroxylation sites is 2. The molecule has 0 spiro atoms. The van der Waals surface area contributed by atoms with Crippen LogP contribution in [0.1, 0.15) is 43.9 Å². The number of carbonyl (C=O) groups is 1. The predicted molar refractivity (Wildman–Crippen MR) is 116 cm³/mol. The van der Waals surface area contributed by atoms with Crippen molar-refractivity contribution in [2.75, 3.05) is 10.8 Å². The Kier molecular flexibility index (Phi) is 6.24. The summed E-state index contributed by atoms with van der Waals surface area (Å²) in [4.78, 5) is 27.1. The largest absolute Gasteiger partial charge is 0.320 e. The molecule has 0 fully saturated rings. The standard InChI is InChI=1S/C23H26N4O2/c1-5-21-24-15-14-18(25-21)16-10-12-17(13-11-16)22(28)26-19-8-6-7-9-20(19)27-29-23(2,3)4/h6-15,27H,5H2,1-4H3,(H,26,28). The van der Waals surface area contributed by atoms with E-state index in [1.807, 2.05) is 70.2 Å². The van der Waals surface area contributed by atoms with Crippen LogP contribution in [0, 0.1) is 0 Å². The molecule has 6 heteroatoms. The lowest BCUT2D eigenvalue weighted by Crippen LogP contribution is -2.23. The first kappa shape index (κ1) is 20.5.